The molecule has 36 heavy (non-hydrogen) atoms. The third-order valence-corrected chi connectivity index (χ3v) is 5.94. The summed E-state index contributed by atoms with van der Waals surface area (Å²) in [5, 5.41) is 9.17. The van der Waals surface area contributed by atoms with E-state index in [-0.39, 0.29) is 6.79 Å². The zero-order chi connectivity index (χ0) is 24.5. The van der Waals surface area contributed by atoms with Gasteiger partial charge in [-0.15, -0.1) is 5.10 Å². The Morgan fingerprint density at radius 3 is 2.61 bits per heavy atom. The van der Waals surface area contributed by atoms with Gasteiger partial charge in [0.2, 0.25) is 12.7 Å². The first-order valence-corrected chi connectivity index (χ1v) is 11.7. The van der Waals surface area contributed by atoms with Crippen molar-refractivity contribution in [2.24, 2.45) is 0 Å². The minimum Gasteiger partial charge on any atom is -0.492 e. The van der Waals surface area contributed by atoms with E-state index in [1.807, 2.05) is 60.7 Å². The molecule has 5 aromatic rings. The van der Waals surface area contributed by atoms with Crippen molar-refractivity contribution in [3.63, 3.8) is 0 Å². The van der Waals surface area contributed by atoms with Crippen LogP contribution in [-0.2, 0) is 0 Å². The Balaban J connectivity index is 1.38. The van der Waals surface area contributed by atoms with Gasteiger partial charge in [0.15, 0.2) is 17.1 Å². The van der Waals surface area contributed by atoms with Gasteiger partial charge < -0.3 is 25.3 Å². The van der Waals surface area contributed by atoms with Gasteiger partial charge in [-0.3, -0.25) is 0 Å². The molecule has 0 fully saturated rings. The van der Waals surface area contributed by atoms with Crippen molar-refractivity contribution in [3.8, 4) is 34.2 Å². The molecule has 0 saturated carbocycles. The first-order valence-electron chi connectivity index (χ1n) is 11.3. The molecule has 1 aliphatic heterocycles. The lowest BCUT2D eigenvalue weighted by Crippen LogP contribution is -2.13. The Bertz CT molecular complexity index is 1540. The molecular formula is C26H21ClN6O3. The number of hydrogen-bond donors (Lipinski definition) is 2. The topological polar surface area (TPSA) is 109 Å². The molecule has 0 radical (unpaired) electrons. The highest BCUT2D eigenvalue weighted by molar-refractivity contribution is 6.30. The Morgan fingerprint density at radius 1 is 0.972 bits per heavy atom. The summed E-state index contributed by atoms with van der Waals surface area (Å²) >= 11 is 6.07. The molecule has 0 unspecified atom stereocenters. The van der Waals surface area contributed by atoms with Crippen molar-refractivity contribution in [1.82, 2.24) is 19.7 Å². The summed E-state index contributed by atoms with van der Waals surface area (Å²) in [4.78, 5) is 9.43. The number of nitrogen functional groups attached to an aromatic ring is 1. The van der Waals surface area contributed by atoms with E-state index in [9.17, 15) is 0 Å². The monoisotopic (exact) mass is 500 g/mol. The Labute approximate surface area is 211 Å². The third kappa shape index (κ3) is 4.20. The molecular weight excluding hydrogens is 480 g/mol. The highest BCUT2D eigenvalue weighted by atomic mass is 35.5. The fraction of sp³-hybridized carbons (Fsp3) is 0.115. The molecule has 0 amide bonds. The summed E-state index contributed by atoms with van der Waals surface area (Å²) in [6.45, 7) is 1.11. The number of nitrogens with two attached hydrogens (primary N) is 1. The number of para-hydroxylation sites is 1. The van der Waals surface area contributed by atoms with Gasteiger partial charge in [0.05, 0.1) is 23.3 Å². The summed E-state index contributed by atoms with van der Waals surface area (Å²) in [5.41, 5.74) is 9.23. The van der Waals surface area contributed by atoms with E-state index in [0.29, 0.717) is 58.2 Å². The highest BCUT2D eigenvalue weighted by Crippen LogP contribution is 2.39. The van der Waals surface area contributed by atoms with Crippen molar-refractivity contribution < 1.29 is 14.2 Å². The second-order valence-corrected chi connectivity index (χ2v) is 8.46. The number of ether oxygens (including phenoxy) is 3. The van der Waals surface area contributed by atoms with Crippen LogP contribution in [0.2, 0.25) is 5.02 Å². The van der Waals surface area contributed by atoms with Gasteiger partial charge in [-0.05, 0) is 54.6 Å². The molecule has 0 bridgehead atoms. The Kier molecular flexibility index (Phi) is 5.67. The predicted octanol–water partition coefficient (Wildman–Crippen LogP) is 4.94. The lowest BCUT2D eigenvalue weighted by molar-refractivity contribution is 0.174. The van der Waals surface area contributed by atoms with E-state index < -0.39 is 0 Å². The van der Waals surface area contributed by atoms with Gasteiger partial charge in [-0.1, -0.05) is 29.8 Å². The summed E-state index contributed by atoms with van der Waals surface area (Å²) in [6, 6.07) is 22.5. The zero-order valence-corrected chi connectivity index (χ0v) is 19.8. The van der Waals surface area contributed by atoms with Gasteiger partial charge in [0.25, 0.3) is 0 Å². The molecule has 10 heteroatoms. The molecule has 3 aromatic carbocycles. The number of anilines is 2. The molecule has 0 aliphatic carbocycles. The van der Waals surface area contributed by atoms with Crippen molar-refractivity contribution >= 4 is 34.4 Å². The molecule has 3 N–H and O–H groups in total. The maximum atomic E-state index is 6.59. The average Bonchev–Trinajstić information content (AvgIpc) is 3.51. The van der Waals surface area contributed by atoms with Crippen molar-refractivity contribution in [1.29, 1.82) is 0 Å². The van der Waals surface area contributed by atoms with Crippen LogP contribution in [0.3, 0.4) is 0 Å². The number of nitrogens with one attached hydrogen (secondary N) is 1. The van der Waals surface area contributed by atoms with Crippen molar-refractivity contribution in [2.75, 3.05) is 31.0 Å². The van der Waals surface area contributed by atoms with Gasteiger partial charge in [0.1, 0.15) is 18.2 Å². The first kappa shape index (κ1) is 22.0. The minimum atomic E-state index is 0.183. The van der Waals surface area contributed by atoms with Crippen LogP contribution in [0.15, 0.2) is 72.8 Å². The molecule has 2 aromatic heterocycles. The Morgan fingerprint density at radius 2 is 1.78 bits per heavy atom. The fourth-order valence-corrected chi connectivity index (χ4v) is 4.10. The van der Waals surface area contributed by atoms with Crippen LogP contribution < -0.4 is 25.3 Å². The summed E-state index contributed by atoms with van der Waals surface area (Å²) in [7, 11) is 0. The lowest BCUT2D eigenvalue weighted by atomic mass is 10.1. The molecule has 0 spiro atoms. The fourth-order valence-electron chi connectivity index (χ4n) is 3.97. The average molecular weight is 501 g/mol. The largest absolute Gasteiger partial charge is 0.492 e. The predicted molar refractivity (Wildman–Crippen MR) is 138 cm³/mol. The second kappa shape index (κ2) is 9.27. The molecule has 180 valence electrons. The van der Waals surface area contributed by atoms with Crippen LogP contribution in [-0.4, -0.2) is 39.7 Å². The molecule has 3 heterocycles. The first-order chi connectivity index (χ1) is 17.7. The number of fused-ring (bicyclic) bond motifs is 2. The highest BCUT2D eigenvalue weighted by Gasteiger charge is 2.21. The number of benzene rings is 3. The van der Waals surface area contributed by atoms with E-state index in [2.05, 4.69) is 15.4 Å². The molecule has 0 atom stereocenters. The van der Waals surface area contributed by atoms with Crippen LogP contribution in [0.5, 0.6) is 17.2 Å². The smallest absolute Gasteiger partial charge is 0.231 e. The Hall–Kier alpha value is -4.50. The van der Waals surface area contributed by atoms with Gasteiger partial charge >= 0.3 is 0 Å². The molecule has 0 saturated heterocycles. The van der Waals surface area contributed by atoms with E-state index in [0.717, 1.165) is 17.0 Å². The minimum absolute atomic E-state index is 0.183. The van der Waals surface area contributed by atoms with Crippen molar-refractivity contribution in [3.05, 3.63) is 77.8 Å². The summed E-state index contributed by atoms with van der Waals surface area (Å²) in [5.74, 6) is 2.96. The number of hydrogen-bond acceptors (Lipinski definition) is 8. The molecule has 1 aliphatic rings. The maximum absolute atomic E-state index is 6.59. The van der Waals surface area contributed by atoms with E-state index >= 15 is 0 Å². The number of rotatable bonds is 7. The maximum Gasteiger partial charge on any atom is 0.231 e. The standard InChI is InChI=1S/C26H21ClN6O3/c27-17-7-9-18(10-8-17)33-24(28)22-23(16-6-11-20-21(14-16)36-15-35-20)30-26(31-25(22)32-33)29-12-13-34-19-4-2-1-3-5-19/h1-11,14H,12-13,15,28H2,(H,29,31,32). The van der Waals surface area contributed by atoms with Gasteiger partial charge in [0, 0.05) is 10.6 Å². The van der Waals surface area contributed by atoms with Gasteiger partial charge in [-0.2, -0.15) is 4.98 Å². The second-order valence-electron chi connectivity index (χ2n) is 8.02. The van der Waals surface area contributed by atoms with Crippen LogP contribution in [0.1, 0.15) is 0 Å². The molecule has 6 rings (SSSR count). The zero-order valence-electron chi connectivity index (χ0n) is 19.0. The van der Waals surface area contributed by atoms with Crippen LogP contribution >= 0.6 is 11.6 Å². The van der Waals surface area contributed by atoms with E-state index in [1.165, 1.54) is 0 Å². The quantitative estimate of drug-likeness (QED) is 0.302. The van der Waals surface area contributed by atoms with Crippen LogP contribution in [0.25, 0.3) is 28.0 Å². The van der Waals surface area contributed by atoms with Crippen molar-refractivity contribution in [2.45, 2.75) is 0 Å². The molecule has 9 nitrogen and oxygen atoms in total. The normalized spacial score (nSPS) is 12.1. The summed E-state index contributed by atoms with van der Waals surface area (Å²) < 4.78 is 18.4. The van der Waals surface area contributed by atoms with Crippen LogP contribution in [0.4, 0.5) is 11.8 Å². The van der Waals surface area contributed by atoms with E-state index in [1.54, 1.807) is 16.8 Å². The SMILES string of the molecule is Nc1c2c(-c3ccc4c(c3)OCO4)nc(NCCOc3ccccc3)nc2nn1-c1ccc(Cl)cc1. The van der Waals surface area contributed by atoms with Gasteiger partial charge in [-0.25, -0.2) is 9.67 Å². The summed E-state index contributed by atoms with van der Waals surface area (Å²) in [6.07, 6.45) is 0. The number of halogens is 1. The van der Waals surface area contributed by atoms with Crippen LogP contribution in [0, 0.1) is 0 Å². The lowest BCUT2D eigenvalue weighted by Gasteiger charge is -2.10. The number of nitrogens with zero attached hydrogens (tertiary/aromatic N) is 4. The third-order valence-electron chi connectivity index (χ3n) is 5.68. The number of aromatic nitrogens is 4. The van der Waals surface area contributed by atoms with E-state index in [4.69, 9.17) is 36.5 Å².